The molecule has 1 saturated heterocycles. The highest BCUT2D eigenvalue weighted by atomic mass is 32.2. The van der Waals surface area contributed by atoms with Crippen LogP contribution in [0.15, 0.2) is 77.8 Å². The molecule has 1 atom stereocenters. The Morgan fingerprint density at radius 2 is 1.65 bits per heavy atom. The van der Waals surface area contributed by atoms with Gasteiger partial charge in [-0.3, -0.25) is 14.5 Å². The van der Waals surface area contributed by atoms with Crippen LogP contribution in [-0.4, -0.2) is 33.7 Å². The lowest BCUT2D eigenvalue weighted by molar-refractivity contribution is -0.129. The minimum Gasteiger partial charge on any atom is -0.323 e. The van der Waals surface area contributed by atoms with E-state index in [1.807, 2.05) is 0 Å². The fourth-order valence-corrected chi connectivity index (χ4v) is 4.52. The van der Waals surface area contributed by atoms with E-state index in [9.17, 15) is 22.8 Å². The van der Waals surface area contributed by atoms with E-state index in [0.29, 0.717) is 11.3 Å². The van der Waals surface area contributed by atoms with Crippen molar-refractivity contribution in [2.45, 2.75) is 18.1 Å². The average Bonchev–Trinajstić information content (AvgIpc) is 2.82. The molecule has 0 aromatic heterocycles. The Balaban J connectivity index is 1.57. The molecule has 1 aliphatic rings. The van der Waals surface area contributed by atoms with E-state index in [4.69, 9.17) is 0 Å². The molecule has 0 aliphatic carbocycles. The van der Waals surface area contributed by atoms with Gasteiger partial charge in [0, 0.05) is 13.0 Å². The summed E-state index contributed by atoms with van der Waals surface area (Å²) >= 11 is 1.05. The molecule has 2 amide bonds. The second-order valence-electron chi connectivity index (χ2n) is 7.54. The number of aliphatic imine (C=N–C) groups is 1. The molecule has 9 heteroatoms. The zero-order valence-electron chi connectivity index (χ0n) is 17.9. The van der Waals surface area contributed by atoms with Crippen molar-refractivity contribution in [2.24, 2.45) is 4.99 Å². The third kappa shape index (κ3) is 5.66. The summed E-state index contributed by atoms with van der Waals surface area (Å²) in [5, 5.41) is 1.89. The van der Waals surface area contributed by atoms with Crippen molar-refractivity contribution in [1.29, 1.82) is 0 Å². The molecule has 0 bridgehead atoms. The number of hydrogen-bond donors (Lipinski definition) is 1. The number of amides is 2. The molecular weight excluding hydrogens is 463 g/mol. The number of thioether (sulfide) groups is 1. The first kappa shape index (κ1) is 23.6. The van der Waals surface area contributed by atoms with Crippen LogP contribution in [0, 0.1) is 17.5 Å². The molecule has 34 heavy (non-hydrogen) atoms. The van der Waals surface area contributed by atoms with E-state index in [0.717, 1.165) is 11.8 Å². The first-order valence-corrected chi connectivity index (χ1v) is 11.4. The van der Waals surface area contributed by atoms with Crippen molar-refractivity contribution >= 4 is 40.1 Å². The van der Waals surface area contributed by atoms with E-state index < -0.39 is 22.8 Å². The maximum atomic E-state index is 14.1. The van der Waals surface area contributed by atoms with Gasteiger partial charge in [0.2, 0.25) is 11.8 Å². The number of carbonyl (C=O) groups excluding carboxylic acids is 2. The first-order valence-electron chi connectivity index (χ1n) is 10.5. The lowest BCUT2D eigenvalue weighted by Gasteiger charge is -2.32. The third-order valence-electron chi connectivity index (χ3n) is 5.18. The standard InChI is InChI=1S/C25H20F3N3O2S/c26-17-9-11-18(12-10-17)29-25-31(14-13-16-5-1-2-6-19(16)27)23(32)15-22(34-25)24(33)30-21-8-4-3-7-20(21)28/h1-12,22H,13-15H2,(H,30,33)/t22-/m1/s1. The molecule has 5 nitrogen and oxygen atoms in total. The number of rotatable bonds is 6. The molecule has 3 aromatic rings. The van der Waals surface area contributed by atoms with Crippen LogP contribution >= 0.6 is 11.8 Å². The lowest BCUT2D eigenvalue weighted by atomic mass is 10.1. The fourth-order valence-electron chi connectivity index (χ4n) is 3.40. The van der Waals surface area contributed by atoms with Gasteiger partial charge in [-0.15, -0.1) is 0 Å². The topological polar surface area (TPSA) is 61.8 Å². The van der Waals surface area contributed by atoms with E-state index in [1.54, 1.807) is 24.3 Å². The zero-order valence-corrected chi connectivity index (χ0v) is 18.7. The van der Waals surface area contributed by atoms with Crippen molar-refractivity contribution in [1.82, 2.24) is 4.90 Å². The van der Waals surface area contributed by atoms with Gasteiger partial charge in [-0.2, -0.15) is 0 Å². The molecule has 0 unspecified atom stereocenters. The van der Waals surface area contributed by atoms with Gasteiger partial charge >= 0.3 is 0 Å². The van der Waals surface area contributed by atoms with Crippen molar-refractivity contribution < 1.29 is 22.8 Å². The van der Waals surface area contributed by atoms with Crippen LogP contribution < -0.4 is 5.32 Å². The molecule has 0 spiro atoms. The van der Waals surface area contributed by atoms with Gasteiger partial charge in [0.05, 0.1) is 11.4 Å². The van der Waals surface area contributed by atoms with Gasteiger partial charge in [0.25, 0.3) is 0 Å². The summed E-state index contributed by atoms with van der Waals surface area (Å²) in [5.74, 6) is -2.31. The molecular formula is C25H20F3N3O2S. The summed E-state index contributed by atoms with van der Waals surface area (Å²) in [6.07, 6.45) is 0.109. The normalized spacial score (nSPS) is 17.1. The summed E-state index contributed by atoms with van der Waals surface area (Å²) in [6, 6.07) is 17.4. The first-order chi connectivity index (χ1) is 16.4. The molecule has 3 aromatic carbocycles. The quantitative estimate of drug-likeness (QED) is 0.517. The number of benzene rings is 3. The minimum absolute atomic E-state index is 0.0135. The Kier molecular flexibility index (Phi) is 7.32. The second-order valence-corrected chi connectivity index (χ2v) is 8.71. The molecule has 1 fully saturated rings. The SMILES string of the molecule is O=C(Nc1ccccc1F)[C@H]1CC(=O)N(CCc2ccccc2F)C(=Nc2ccc(F)cc2)S1. The van der Waals surface area contributed by atoms with Crippen LogP contribution in [0.5, 0.6) is 0 Å². The number of halogens is 3. The largest absolute Gasteiger partial charge is 0.323 e. The highest BCUT2D eigenvalue weighted by molar-refractivity contribution is 8.15. The molecule has 1 heterocycles. The van der Waals surface area contributed by atoms with Crippen molar-refractivity contribution in [3.63, 3.8) is 0 Å². The fraction of sp³-hybridized carbons (Fsp3) is 0.160. The van der Waals surface area contributed by atoms with Crippen LogP contribution in [0.3, 0.4) is 0 Å². The maximum absolute atomic E-state index is 14.1. The van der Waals surface area contributed by atoms with E-state index >= 15 is 0 Å². The van der Waals surface area contributed by atoms with Crippen LogP contribution in [0.25, 0.3) is 0 Å². The van der Waals surface area contributed by atoms with Gasteiger partial charge in [0.15, 0.2) is 5.17 Å². The number of nitrogens with zero attached hydrogens (tertiary/aromatic N) is 2. The van der Waals surface area contributed by atoms with Crippen LogP contribution in [0.2, 0.25) is 0 Å². The van der Waals surface area contributed by atoms with Gasteiger partial charge < -0.3 is 5.32 Å². The monoisotopic (exact) mass is 483 g/mol. The number of amidine groups is 1. The van der Waals surface area contributed by atoms with Crippen molar-refractivity contribution in [2.75, 3.05) is 11.9 Å². The predicted octanol–water partition coefficient (Wildman–Crippen LogP) is 5.31. The Labute approximate surface area is 198 Å². The Morgan fingerprint density at radius 1 is 0.971 bits per heavy atom. The molecule has 0 saturated carbocycles. The zero-order chi connectivity index (χ0) is 24.1. The molecule has 4 rings (SSSR count). The number of para-hydroxylation sites is 1. The van der Waals surface area contributed by atoms with Crippen LogP contribution in [-0.2, 0) is 16.0 Å². The number of nitrogens with one attached hydrogen (secondary N) is 1. The number of carbonyl (C=O) groups is 2. The summed E-state index contributed by atoms with van der Waals surface area (Å²) in [7, 11) is 0. The van der Waals surface area contributed by atoms with Crippen LogP contribution in [0.4, 0.5) is 24.5 Å². The highest BCUT2D eigenvalue weighted by Crippen LogP contribution is 2.30. The van der Waals surface area contributed by atoms with Crippen molar-refractivity contribution in [3.8, 4) is 0 Å². The summed E-state index contributed by atoms with van der Waals surface area (Å²) in [6.45, 7) is 0.147. The Hall–Kier alpha value is -3.59. The highest BCUT2D eigenvalue weighted by Gasteiger charge is 2.36. The summed E-state index contributed by atoms with van der Waals surface area (Å²) < 4.78 is 41.4. The Morgan fingerprint density at radius 3 is 2.35 bits per heavy atom. The van der Waals surface area contributed by atoms with Crippen LogP contribution in [0.1, 0.15) is 12.0 Å². The van der Waals surface area contributed by atoms with E-state index in [1.165, 1.54) is 53.4 Å². The van der Waals surface area contributed by atoms with Gasteiger partial charge in [0.1, 0.15) is 22.7 Å². The van der Waals surface area contributed by atoms with Crippen molar-refractivity contribution in [3.05, 3.63) is 95.8 Å². The number of hydrogen-bond acceptors (Lipinski definition) is 4. The van der Waals surface area contributed by atoms with Gasteiger partial charge in [-0.1, -0.05) is 42.1 Å². The molecule has 0 radical (unpaired) electrons. The average molecular weight is 484 g/mol. The summed E-state index contributed by atoms with van der Waals surface area (Å²) in [5.41, 5.74) is 0.850. The lowest BCUT2D eigenvalue weighted by Crippen LogP contribution is -2.46. The smallest absolute Gasteiger partial charge is 0.238 e. The molecule has 1 aliphatic heterocycles. The van der Waals surface area contributed by atoms with Gasteiger partial charge in [-0.05, 0) is 54.4 Å². The predicted molar refractivity (Wildman–Crippen MR) is 126 cm³/mol. The number of anilines is 1. The molecule has 1 N–H and O–H groups in total. The van der Waals surface area contributed by atoms with E-state index in [-0.39, 0.29) is 42.0 Å². The molecule has 174 valence electrons. The minimum atomic E-state index is -0.851. The maximum Gasteiger partial charge on any atom is 0.238 e. The van der Waals surface area contributed by atoms with E-state index in [2.05, 4.69) is 10.3 Å². The Bertz CT molecular complexity index is 1230. The second kappa shape index (κ2) is 10.6. The van der Waals surface area contributed by atoms with Gasteiger partial charge in [-0.25, -0.2) is 18.2 Å². The summed E-state index contributed by atoms with van der Waals surface area (Å²) in [4.78, 5) is 31.7. The third-order valence-corrected chi connectivity index (χ3v) is 6.37.